The Morgan fingerprint density at radius 1 is 1.15 bits per heavy atom. The fourth-order valence-electron chi connectivity index (χ4n) is 2.14. The molecule has 0 fully saturated rings. The maximum absolute atomic E-state index is 12.4. The van der Waals surface area contributed by atoms with Crippen molar-refractivity contribution in [1.82, 2.24) is 4.98 Å². The van der Waals surface area contributed by atoms with Crippen molar-refractivity contribution in [1.29, 1.82) is 0 Å². The summed E-state index contributed by atoms with van der Waals surface area (Å²) in [5.41, 5.74) is 1.50. The van der Waals surface area contributed by atoms with Crippen molar-refractivity contribution in [2.45, 2.75) is 27.7 Å². The molecule has 0 aromatic carbocycles. The summed E-state index contributed by atoms with van der Waals surface area (Å²) in [4.78, 5) is 40.6. The zero-order valence-corrected chi connectivity index (χ0v) is 17.4. The van der Waals surface area contributed by atoms with Crippen LogP contribution in [0.3, 0.4) is 0 Å². The molecule has 0 unspecified atom stereocenters. The van der Waals surface area contributed by atoms with Crippen LogP contribution in [-0.4, -0.2) is 29.4 Å². The maximum Gasteiger partial charge on any atom is 0.341 e. The molecule has 2 N–H and O–H groups in total. The second-order valence-electron chi connectivity index (χ2n) is 5.69. The van der Waals surface area contributed by atoms with Gasteiger partial charge in [0.2, 0.25) is 5.91 Å². The number of halogens is 2. The molecule has 2 heterocycles. The number of ether oxygens (including phenoxy) is 1. The molecule has 0 atom stereocenters. The van der Waals surface area contributed by atoms with Gasteiger partial charge in [-0.05, 0) is 31.9 Å². The van der Waals surface area contributed by atoms with E-state index in [0.717, 1.165) is 4.88 Å². The number of hydrogen-bond donors (Lipinski definition) is 2. The molecule has 2 amide bonds. The fraction of sp³-hybridized carbons (Fsp3) is 0.294. The van der Waals surface area contributed by atoms with Crippen LogP contribution in [0.1, 0.15) is 33.3 Å². The fourth-order valence-corrected chi connectivity index (χ4v) is 3.62. The van der Waals surface area contributed by atoms with E-state index >= 15 is 0 Å². The Labute approximate surface area is 170 Å². The molecule has 0 radical (unpaired) electrons. The highest BCUT2D eigenvalue weighted by atomic mass is 35.5. The van der Waals surface area contributed by atoms with E-state index in [1.165, 1.54) is 24.5 Å². The normalized spacial score (nSPS) is 10.4. The van der Waals surface area contributed by atoms with E-state index in [2.05, 4.69) is 15.6 Å². The largest absolute Gasteiger partial charge is 0.452 e. The summed E-state index contributed by atoms with van der Waals surface area (Å²) in [6.07, 6.45) is 1.36. The molecule has 0 aliphatic heterocycles. The predicted octanol–water partition coefficient (Wildman–Crippen LogP) is 4.13. The lowest BCUT2D eigenvalue weighted by molar-refractivity contribution is -0.119. The van der Waals surface area contributed by atoms with E-state index in [0.29, 0.717) is 21.2 Å². The average molecular weight is 430 g/mol. The number of thiophene rings is 1. The van der Waals surface area contributed by atoms with Crippen LogP contribution in [0.15, 0.2) is 6.20 Å². The summed E-state index contributed by atoms with van der Waals surface area (Å²) in [5, 5.41) is 6.04. The van der Waals surface area contributed by atoms with Crippen molar-refractivity contribution in [3.8, 4) is 0 Å². The summed E-state index contributed by atoms with van der Waals surface area (Å²) in [7, 11) is 0. The van der Waals surface area contributed by atoms with Gasteiger partial charge in [0.05, 0.1) is 15.6 Å². The Bertz CT molecular complexity index is 927. The molecule has 7 nitrogen and oxygen atoms in total. The molecule has 2 aromatic rings. The maximum atomic E-state index is 12.4. The summed E-state index contributed by atoms with van der Waals surface area (Å²) in [6, 6.07) is 0. The van der Waals surface area contributed by atoms with E-state index < -0.39 is 18.5 Å². The van der Waals surface area contributed by atoms with Crippen LogP contribution < -0.4 is 10.6 Å². The van der Waals surface area contributed by atoms with Crippen molar-refractivity contribution in [2.24, 2.45) is 0 Å². The minimum atomic E-state index is -0.706. The number of amides is 2. The van der Waals surface area contributed by atoms with Gasteiger partial charge in [0.1, 0.15) is 5.00 Å². The molecule has 0 bridgehead atoms. The van der Waals surface area contributed by atoms with Crippen molar-refractivity contribution >= 4 is 63.1 Å². The highest BCUT2D eigenvalue weighted by Crippen LogP contribution is 2.33. The third-order valence-corrected chi connectivity index (χ3v) is 5.64. The van der Waals surface area contributed by atoms with E-state index in [4.69, 9.17) is 27.9 Å². The van der Waals surface area contributed by atoms with Crippen LogP contribution in [0.5, 0.6) is 0 Å². The Morgan fingerprint density at radius 3 is 2.44 bits per heavy atom. The molecule has 0 spiro atoms. The number of carbonyl (C=O) groups is 3. The molecule has 2 rings (SSSR count). The van der Waals surface area contributed by atoms with Crippen LogP contribution in [-0.2, 0) is 14.3 Å². The van der Waals surface area contributed by atoms with Crippen LogP contribution in [0.25, 0.3) is 0 Å². The Balaban J connectivity index is 2.07. The number of esters is 1. The summed E-state index contributed by atoms with van der Waals surface area (Å²) < 4.78 is 5.08. The molecule has 0 saturated carbocycles. The van der Waals surface area contributed by atoms with Crippen LogP contribution in [0, 0.1) is 20.8 Å². The number of aryl methyl sites for hydroxylation is 1. The van der Waals surface area contributed by atoms with E-state index in [1.54, 1.807) is 13.8 Å². The second-order valence-corrected chi connectivity index (χ2v) is 7.70. The SMILES string of the molecule is CC(=O)Nc1sc(C)c(C)c1C(=O)OCC(=O)Nc1ncc(Cl)c(C)c1Cl. The zero-order chi connectivity index (χ0) is 20.3. The monoisotopic (exact) mass is 429 g/mol. The molecule has 0 saturated heterocycles. The molecular formula is C17H17Cl2N3O4S. The molecule has 2 aromatic heterocycles. The molecule has 144 valence electrons. The van der Waals surface area contributed by atoms with Gasteiger partial charge in [-0.1, -0.05) is 23.2 Å². The molecule has 0 aliphatic carbocycles. The van der Waals surface area contributed by atoms with Crippen LogP contribution in [0.2, 0.25) is 10.0 Å². The van der Waals surface area contributed by atoms with E-state index in [1.807, 2.05) is 6.92 Å². The predicted molar refractivity (Wildman–Crippen MR) is 106 cm³/mol. The molecular weight excluding hydrogens is 413 g/mol. The quantitative estimate of drug-likeness (QED) is 0.696. The minimum absolute atomic E-state index is 0.126. The average Bonchev–Trinajstić information content (AvgIpc) is 2.86. The Morgan fingerprint density at radius 2 is 1.81 bits per heavy atom. The van der Waals surface area contributed by atoms with Gasteiger partial charge in [-0.15, -0.1) is 11.3 Å². The Hall–Kier alpha value is -2.16. The lowest BCUT2D eigenvalue weighted by atomic mass is 10.1. The van der Waals surface area contributed by atoms with Gasteiger partial charge in [0.25, 0.3) is 5.91 Å². The summed E-state index contributed by atoms with van der Waals surface area (Å²) in [5.74, 6) is -1.49. The number of nitrogens with one attached hydrogen (secondary N) is 2. The molecule has 0 aliphatic rings. The van der Waals surface area contributed by atoms with E-state index in [-0.39, 0.29) is 22.3 Å². The van der Waals surface area contributed by atoms with Crippen molar-refractivity contribution in [3.63, 3.8) is 0 Å². The number of anilines is 2. The zero-order valence-electron chi connectivity index (χ0n) is 15.0. The first-order valence-corrected chi connectivity index (χ1v) is 9.34. The van der Waals surface area contributed by atoms with Gasteiger partial charge in [-0.3, -0.25) is 9.59 Å². The van der Waals surface area contributed by atoms with Crippen LogP contribution >= 0.6 is 34.5 Å². The highest BCUT2D eigenvalue weighted by Gasteiger charge is 2.22. The first-order chi connectivity index (χ1) is 12.6. The van der Waals surface area contributed by atoms with Gasteiger partial charge in [0, 0.05) is 18.0 Å². The lowest BCUT2D eigenvalue weighted by Crippen LogP contribution is -2.22. The number of aromatic nitrogens is 1. The summed E-state index contributed by atoms with van der Waals surface area (Å²) in [6.45, 7) is 6.07. The van der Waals surface area contributed by atoms with Gasteiger partial charge >= 0.3 is 5.97 Å². The van der Waals surface area contributed by atoms with Gasteiger partial charge in [-0.25, -0.2) is 9.78 Å². The standard InChI is InChI=1S/C17H17Cl2N3O4S/c1-7-9(3)27-16(21-10(4)23)13(7)17(25)26-6-12(24)22-15-14(19)8(2)11(18)5-20-15/h5H,6H2,1-4H3,(H,21,23)(H,20,22,24). The number of pyridine rings is 1. The van der Waals surface area contributed by atoms with E-state index in [9.17, 15) is 14.4 Å². The van der Waals surface area contributed by atoms with Gasteiger partial charge in [0.15, 0.2) is 12.4 Å². The second kappa shape index (κ2) is 8.69. The third kappa shape index (κ3) is 4.97. The first-order valence-electron chi connectivity index (χ1n) is 7.77. The summed E-state index contributed by atoms with van der Waals surface area (Å²) >= 11 is 13.3. The minimum Gasteiger partial charge on any atom is -0.452 e. The van der Waals surface area contributed by atoms with Crippen LogP contribution in [0.4, 0.5) is 10.8 Å². The molecule has 10 heteroatoms. The van der Waals surface area contributed by atoms with Crippen molar-refractivity contribution in [2.75, 3.05) is 17.2 Å². The first kappa shape index (κ1) is 21.1. The number of rotatable bonds is 5. The number of carbonyl (C=O) groups excluding carboxylic acids is 3. The van der Waals surface area contributed by atoms with Gasteiger partial charge in [-0.2, -0.15) is 0 Å². The smallest absolute Gasteiger partial charge is 0.341 e. The third-order valence-electron chi connectivity index (χ3n) is 3.67. The number of nitrogens with zero attached hydrogens (tertiary/aromatic N) is 1. The number of hydrogen-bond acceptors (Lipinski definition) is 6. The Kier molecular flexibility index (Phi) is 6.80. The topological polar surface area (TPSA) is 97.4 Å². The highest BCUT2D eigenvalue weighted by molar-refractivity contribution is 7.16. The lowest BCUT2D eigenvalue weighted by Gasteiger charge is -2.10. The van der Waals surface area contributed by atoms with Crippen molar-refractivity contribution in [3.05, 3.63) is 37.8 Å². The van der Waals surface area contributed by atoms with Crippen molar-refractivity contribution < 1.29 is 19.1 Å². The molecule has 27 heavy (non-hydrogen) atoms. The van der Waals surface area contributed by atoms with Gasteiger partial charge < -0.3 is 15.4 Å².